The number of hydrogen-bond donors (Lipinski definition) is 0. The normalized spacial score (nSPS) is 11.6. The summed E-state index contributed by atoms with van der Waals surface area (Å²) in [5.41, 5.74) is 0. The highest BCUT2D eigenvalue weighted by molar-refractivity contribution is 7.89. The minimum Gasteiger partial charge on any atom is -0.468 e. The van der Waals surface area contributed by atoms with Gasteiger partial charge in [-0.05, 0) is 0 Å². The van der Waals surface area contributed by atoms with Gasteiger partial charge in [-0.15, -0.1) is 0 Å². The third kappa shape index (κ3) is 4.61. The second-order valence-corrected chi connectivity index (χ2v) is 4.63. The largest absolute Gasteiger partial charge is 0.468 e. The summed E-state index contributed by atoms with van der Waals surface area (Å²) in [4.78, 5) is 21.7. The lowest BCUT2D eigenvalue weighted by Gasteiger charge is -2.18. The van der Waals surface area contributed by atoms with E-state index in [0.717, 1.165) is 14.2 Å². The molecule has 0 aromatic heterocycles. The van der Waals surface area contributed by atoms with Crippen LogP contribution in [0.15, 0.2) is 0 Å². The summed E-state index contributed by atoms with van der Waals surface area (Å²) < 4.78 is 54.9. The summed E-state index contributed by atoms with van der Waals surface area (Å²) in [6, 6.07) is 0. The number of hydrogen-bond acceptors (Lipinski definition) is 6. The number of nitrogens with zero attached hydrogens (tertiary/aromatic N) is 1. The summed E-state index contributed by atoms with van der Waals surface area (Å²) in [6.45, 7) is -1.98. The van der Waals surface area contributed by atoms with Gasteiger partial charge in [0, 0.05) is 0 Å². The van der Waals surface area contributed by atoms with E-state index >= 15 is 0 Å². The fourth-order valence-electron chi connectivity index (χ4n) is 0.766. The Morgan fingerprint density at radius 2 is 1.47 bits per heavy atom. The van der Waals surface area contributed by atoms with Crippen molar-refractivity contribution in [2.45, 2.75) is 5.76 Å². The molecule has 0 amide bonds. The monoisotopic (exact) mass is 275 g/mol. The number of esters is 2. The van der Waals surface area contributed by atoms with Crippen LogP contribution in [0.2, 0.25) is 0 Å². The number of alkyl halides is 2. The molecule has 0 fully saturated rings. The Morgan fingerprint density at radius 3 is 1.71 bits per heavy atom. The second-order valence-electron chi connectivity index (χ2n) is 2.73. The predicted octanol–water partition coefficient (Wildman–Crippen LogP) is -0.813. The van der Waals surface area contributed by atoms with E-state index in [0.29, 0.717) is 0 Å². The fraction of sp³-hybridized carbons (Fsp3) is 0.714. The SMILES string of the molecule is COC(=O)CN(CC(=O)OC)S(=O)(=O)C(F)F. The van der Waals surface area contributed by atoms with Crippen LogP contribution in [-0.2, 0) is 29.1 Å². The first-order valence-corrected chi connectivity index (χ1v) is 5.66. The van der Waals surface area contributed by atoms with Crippen molar-refractivity contribution in [1.29, 1.82) is 0 Å². The first kappa shape index (κ1) is 15.7. The molecule has 0 saturated heterocycles. The van der Waals surface area contributed by atoms with Gasteiger partial charge >= 0.3 is 17.7 Å². The van der Waals surface area contributed by atoms with Gasteiger partial charge in [0.05, 0.1) is 14.2 Å². The Morgan fingerprint density at radius 1 is 1.12 bits per heavy atom. The molecule has 0 aliphatic carbocycles. The lowest BCUT2D eigenvalue weighted by Crippen LogP contribution is -2.42. The lowest BCUT2D eigenvalue weighted by atomic mass is 10.6. The van der Waals surface area contributed by atoms with Gasteiger partial charge in [0.25, 0.3) is 10.0 Å². The van der Waals surface area contributed by atoms with Crippen molar-refractivity contribution in [3.63, 3.8) is 0 Å². The van der Waals surface area contributed by atoms with E-state index in [1.54, 1.807) is 0 Å². The molecule has 0 saturated carbocycles. The van der Waals surface area contributed by atoms with Crippen molar-refractivity contribution in [2.75, 3.05) is 27.3 Å². The van der Waals surface area contributed by atoms with E-state index in [1.807, 2.05) is 0 Å². The molecule has 0 aromatic rings. The summed E-state index contributed by atoms with van der Waals surface area (Å²) in [5, 5.41) is 0. The van der Waals surface area contributed by atoms with Crippen LogP contribution in [0.4, 0.5) is 8.78 Å². The van der Waals surface area contributed by atoms with Gasteiger partial charge in [-0.1, -0.05) is 0 Å². The number of rotatable bonds is 6. The van der Waals surface area contributed by atoms with Gasteiger partial charge < -0.3 is 9.47 Å². The molecule has 17 heavy (non-hydrogen) atoms. The van der Waals surface area contributed by atoms with Gasteiger partial charge in [-0.2, -0.15) is 13.1 Å². The smallest absolute Gasteiger partial charge is 0.350 e. The molecule has 7 nitrogen and oxygen atoms in total. The zero-order valence-corrected chi connectivity index (χ0v) is 9.87. The van der Waals surface area contributed by atoms with E-state index in [1.165, 1.54) is 0 Å². The Labute approximate surface area is 96.3 Å². The molecule has 0 bridgehead atoms. The first-order chi connectivity index (χ1) is 7.75. The summed E-state index contributed by atoms with van der Waals surface area (Å²) in [5.74, 6) is -5.88. The van der Waals surface area contributed by atoms with E-state index in [2.05, 4.69) is 9.47 Å². The van der Waals surface area contributed by atoms with E-state index in [4.69, 9.17) is 0 Å². The minimum atomic E-state index is -5.05. The average Bonchev–Trinajstić information content (AvgIpc) is 2.27. The maximum absolute atomic E-state index is 12.2. The average molecular weight is 275 g/mol. The fourth-order valence-corrected chi connectivity index (χ4v) is 1.56. The molecule has 0 spiro atoms. The van der Waals surface area contributed by atoms with Gasteiger partial charge in [0.2, 0.25) is 0 Å². The highest BCUT2D eigenvalue weighted by Gasteiger charge is 2.35. The maximum atomic E-state index is 12.2. The van der Waals surface area contributed by atoms with E-state index in [9.17, 15) is 26.8 Å². The first-order valence-electron chi connectivity index (χ1n) is 4.16. The number of carbonyl (C=O) groups excluding carboxylic acids is 2. The molecule has 0 N–H and O–H groups in total. The van der Waals surface area contributed by atoms with E-state index in [-0.39, 0.29) is 4.31 Å². The van der Waals surface area contributed by atoms with Crippen LogP contribution in [0, 0.1) is 0 Å². The number of sulfonamides is 1. The Bertz CT molecular complexity index is 364. The molecule has 0 atom stereocenters. The second kappa shape index (κ2) is 6.45. The quantitative estimate of drug-likeness (QED) is 0.589. The number of ether oxygens (including phenoxy) is 2. The van der Waals surface area contributed by atoms with Crippen LogP contribution in [0.25, 0.3) is 0 Å². The molecule has 0 radical (unpaired) electrons. The molecular weight excluding hydrogens is 264 g/mol. The topological polar surface area (TPSA) is 90.0 Å². The zero-order chi connectivity index (χ0) is 13.6. The standard InChI is InChI=1S/C7H11F2NO6S/c1-15-5(11)3-10(4-6(12)16-2)17(13,14)7(8)9/h7H,3-4H2,1-2H3. The Balaban J connectivity index is 4.98. The predicted molar refractivity (Wildman–Crippen MR) is 50.5 cm³/mol. The molecule has 0 aromatic carbocycles. The maximum Gasteiger partial charge on any atom is 0.350 e. The highest BCUT2D eigenvalue weighted by atomic mass is 32.2. The van der Waals surface area contributed by atoms with Crippen molar-refractivity contribution < 1.29 is 36.3 Å². The lowest BCUT2D eigenvalue weighted by molar-refractivity contribution is -0.143. The van der Waals surface area contributed by atoms with Crippen molar-refractivity contribution in [3.05, 3.63) is 0 Å². The highest BCUT2D eigenvalue weighted by Crippen LogP contribution is 2.11. The van der Waals surface area contributed by atoms with Crippen LogP contribution in [0.1, 0.15) is 0 Å². The van der Waals surface area contributed by atoms with Crippen LogP contribution >= 0.6 is 0 Å². The summed E-state index contributed by atoms with van der Waals surface area (Å²) in [7, 11) is -3.15. The summed E-state index contributed by atoms with van der Waals surface area (Å²) >= 11 is 0. The van der Waals surface area contributed by atoms with Crippen LogP contribution in [0.5, 0.6) is 0 Å². The molecule has 100 valence electrons. The third-order valence-corrected chi connectivity index (χ3v) is 3.08. The van der Waals surface area contributed by atoms with Crippen molar-refractivity contribution in [3.8, 4) is 0 Å². The minimum absolute atomic E-state index is 0.00463. The molecule has 0 rings (SSSR count). The van der Waals surface area contributed by atoms with Gasteiger partial charge in [-0.25, -0.2) is 8.42 Å². The Kier molecular flexibility index (Phi) is 5.96. The Hall–Kier alpha value is -1.29. The van der Waals surface area contributed by atoms with Crippen molar-refractivity contribution in [1.82, 2.24) is 4.31 Å². The van der Waals surface area contributed by atoms with Crippen LogP contribution in [-0.4, -0.2) is 57.7 Å². The van der Waals surface area contributed by atoms with Crippen molar-refractivity contribution >= 4 is 22.0 Å². The van der Waals surface area contributed by atoms with E-state index < -0.39 is 40.8 Å². The molecule has 0 aliphatic rings. The zero-order valence-electron chi connectivity index (χ0n) is 9.05. The van der Waals surface area contributed by atoms with Crippen molar-refractivity contribution in [2.24, 2.45) is 0 Å². The third-order valence-electron chi connectivity index (χ3n) is 1.65. The van der Waals surface area contributed by atoms with Crippen LogP contribution in [0.3, 0.4) is 0 Å². The molecule has 0 heterocycles. The van der Waals surface area contributed by atoms with Gasteiger partial charge in [0.15, 0.2) is 0 Å². The summed E-state index contributed by atoms with van der Waals surface area (Å²) in [6.07, 6.45) is 0. The molecule has 0 unspecified atom stereocenters. The molecular formula is C7H11F2NO6S. The molecule has 0 aliphatic heterocycles. The number of carbonyl (C=O) groups is 2. The number of halogens is 2. The van der Waals surface area contributed by atoms with Crippen LogP contribution < -0.4 is 0 Å². The van der Waals surface area contributed by atoms with Gasteiger partial charge in [0.1, 0.15) is 13.1 Å². The van der Waals surface area contributed by atoms with Gasteiger partial charge in [-0.3, -0.25) is 9.59 Å². The molecule has 10 heteroatoms. The number of methoxy groups -OCH3 is 2.